The van der Waals surface area contributed by atoms with Gasteiger partial charge in [0.25, 0.3) is 11.8 Å². The van der Waals surface area contributed by atoms with Crippen LogP contribution in [-0.2, 0) is 9.59 Å². The zero-order chi connectivity index (χ0) is 23.0. The van der Waals surface area contributed by atoms with Crippen molar-refractivity contribution in [3.05, 3.63) is 93.1 Å². The van der Waals surface area contributed by atoms with Gasteiger partial charge in [-0.1, -0.05) is 41.4 Å². The molecule has 3 aromatic rings. The van der Waals surface area contributed by atoms with Crippen LogP contribution < -0.4 is 15.0 Å². The molecule has 2 amide bonds. The molecule has 0 saturated heterocycles. The number of anilines is 2. The van der Waals surface area contributed by atoms with Crippen molar-refractivity contribution in [1.82, 2.24) is 0 Å². The van der Waals surface area contributed by atoms with Crippen molar-refractivity contribution in [3.8, 4) is 5.75 Å². The third-order valence-corrected chi connectivity index (χ3v) is 5.87. The molecule has 32 heavy (non-hydrogen) atoms. The Balaban J connectivity index is 1.86. The Bertz CT molecular complexity index is 1270. The Morgan fingerprint density at radius 3 is 2.16 bits per heavy atom. The van der Waals surface area contributed by atoms with Gasteiger partial charge in [-0.2, -0.15) is 0 Å². The third-order valence-electron chi connectivity index (χ3n) is 5.39. The van der Waals surface area contributed by atoms with Gasteiger partial charge in [0, 0.05) is 10.0 Å². The molecule has 0 atom stereocenters. The highest BCUT2D eigenvalue weighted by Gasteiger charge is 2.40. The van der Waals surface area contributed by atoms with Crippen molar-refractivity contribution >= 4 is 52.0 Å². The quantitative estimate of drug-likeness (QED) is 0.467. The van der Waals surface area contributed by atoms with E-state index in [0.29, 0.717) is 32.7 Å². The number of amides is 2. The first-order valence-electron chi connectivity index (χ1n) is 9.87. The minimum Gasteiger partial charge on any atom is -0.495 e. The molecule has 1 aliphatic heterocycles. The van der Waals surface area contributed by atoms with Crippen LogP contribution in [0.25, 0.3) is 5.57 Å². The molecular weight excluding hydrogens is 447 g/mol. The van der Waals surface area contributed by atoms with Gasteiger partial charge in [0.2, 0.25) is 0 Å². The predicted molar refractivity (Wildman–Crippen MR) is 128 cm³/mol. The molecule has 0 aromatic heterocycles. The van der Waals surface area contributed by atoms with Gasteiger partial charge in [0.05, 0.1) is 24.1 Å². The molecule has 1 heterocycles. The molecule has 0 unspecified atom stereocenters. The highest BCUT2D eigenvalue weighted by Crippen LogP contribution is 2.37. The topological polar surface area (TPSA) is 58.6 Å². The van der Waals surface area contributed by atoms with Crippen molar-refractivity contribution in [2.24, 2.45) is 0 Å². The van der Waals surface area contributed by atoms with Gasteiger partial charge < -0.3 is 10.1 Å². The fraction of sp³-hybridized carbons (Fsp3) is 0.120. The molecule has 0 bridgehead atoms. The van der Waals surface area contributed by atoms with E-state index in [0.717, 1.165) is 11.1 Å². The molecule has 0 radical (unpaired) electrons. The number of nitrogens with one attached hydrogen (secondary N) is 1. The van der Waals surface area contributed by atoms with E-state index in [2.05, 4.69) is 5.32 Å². The van der Waals surface area contributed by atoms with E-state index in [4.69, 9.17) is 27.9 Å². The number of carbonyl (C=O) groups is 2. The molecule has 0 fully saturated rings. The van der Waals surface area contributed by atoms with Crippen molar-refractivity contribution in [2.45, 2.75) is 13.8 Å². The van der Waals surface area contributed by atoms with Crippen molar-refractivity contribution < 1.29 is 14.3 Å². The molecule has 0 saturated carbocycles. The highest BCUT2D eigenvalue weighted by molar-refractivity contribution is 6.46. The Morgan fingerprint density at radius 1 is 0.812 bits per heavy atom. The largest absolute Gasteiger partial charge is 0.495 e. The predicted octanol–water partition coefficient (Wildman–Crippen LogP) is 6.02. The zero-order valence-electron chi connectivity index (χ0n) is 17.7. The molecule has 1 N–H and O–H groups in total. The number of halogens is 2. The highest BCUT2D eigenvalue weighted by atomic mass is 35.5. The molecule has 162 valence electrons. The number of hydrogen-bond acceptors (Lipinski definition) is 4. The summed E-state index contributed by atoms with van der Waals surface area (Å²) in [5.74, 6) is -0.406. The number of hydrogen-bond donors (Lipinski definition) is 1. The van der Waals surface area contributed by atoms with Gasteiger partial charge in [-0.15, -0.1) is 0 Å². The van der Waals surface area contributed by atoms with Gasteiger partial charge in [-0.05, 0) is 73.0 Å². The molecule has 5 nitrogen and oxygen atoms in total. The third kappa shape index (κ3) is 3.97. The van der Waals surface area contributed by atoms with E-state index in [9.17, 15) is 9.59 Å². The van der Waals surface area contributed by atoms with E-state index in [-0.39, 0.29) is 11.3 Å². The zero-order valence-corrected chi connectivity index (χ0v) is 19.2. The van der Waals surface area contributed by atoms with Crippen molar-refractivity contribution in [2.75, 3.05) is 17.3 Å². The minimum absolute atomic E-state index is 0.135. The SMILES string of the molecule is COc1ccc(Cl)cc1NC1=C(c2ccc(Cl)cc2)C(=O)N(c2ccc(C)c(C)c2)C1=O. The average molecular weight is 467 g/mol. The molecule has 0 aliphatic carbocycles. The number of nitrogens with zero attached hydrogens (tertiary/aromatic N) is 1. The maximum absolute atomic E-state index is 13.5. The summed E-state index contributed by atoms with van der Waals surface area (Å²) in [6.45, 7) is 3.91. The number of aryl methyl sites for hydroxylation is 2. The average Bonchev–Trinajstić information content (AvgIpc) is 3.00. The van der Waals surface area contributed by atoms with Crippen LogP contribution in [0, 0.1) is 13.8 Å². The second kappa shape index (κ2) is 8.69. The summed E-state index contributed by atoms with van der Waals surface area (Å²) < 4.78 is 5.40. The summed E-state index contributed by atoms with van der Waals surface area (Å²) in [5.41, 5.74) is 3.98. The fourth-order valence-electron chi connectivity index (χ4n) is 3.54. The lowest BCUT2D eigenvalue weighted by Crippen LogP contribution is -2.32. The van der Waals surface area contributed by atoms with E-state index < -0.39 is 11.8 Å². The van der Waals surface area contributed by atoms with E-state index in [1.54, 1.807) is 48.5 Å². The summed E-state index contributed by atoms with van der Waals surface area (Å²) in [4.78, 5) is 28.3. The summed E-state index contributed by atoms with van der Waals surface area (Å²) >= 11 is 12.2. The summed E-state index contributed by atoms with van der Waals surface area (Å²) in [6.07, 6.45) is 0. The van der Waals surface area contributed by atoms with E-state index in [1.807, 2.05) is 26.0 Å². The van der Waals surface area contributed by atoms with Gasteiger partial charge in [0.1, 0.15) is 11.4 Å². The number of benzene rings is 3. The second-order valence-electron chi connectivity index (χ2n) is 7.44. The van der Waals surface area contributed by atoms with E-state index >= 15 is 0 Å². The number of ether oxygens (including phenoxy) is 1. The van der Waals surface area contributed by atoms with Crippen LogP contribution in [0.2, 0.25) is 10.0 Å². The van der Waals surface area contributed by atoms with Gasteiger partial charge in [-0.3, -0.25) is 9.59 Å². The second-order valence-corrected chi connectivity index (χ2v) is 8.31. The summed E-state index contributed by atoms with van der Waals surface area (Å²) in [7, 11) is 1.52. The number of methoxy groups -OCH3 is 1. The Hall–Kier alpha value is -3.28. The lowest BCUT2D eigenvalue weighted by Gasteiger charge is -2.17. The standard InChI is InChI=1S/C25H20Cl2N2O3/c1-14-4-10-19(12-15(14)2)29-24(30)22(16-5-7-17(26)8-6-16)23(25(29)31)28-20-13-18(27)9-11-21(20)32-3/h4-13,28H,1-3H3. The van der Waals surface area contributed by atoms with Gasteiger partial charge >= 0.3 is 0 Å². The van der Waals surface area contributed by atoms with Crippen LogP contribution in [0.1, 0.15) is 16.7 Å². The number of imide groups is 1. The Morgan fingerprint density at radius 2 is 1.50 bits per heavy atom. The summed E-state index contributed by atoms with van der Waals surface area (Å²) in [5, 5.41) is 4.09. The number of carbonyl (C=O) groups excluding carboxylic acids is 2. The molecule has 0 spiro atoms. The van der Waals surface area contributed by atoms with Crippen LogP contribution in [0.5, 0.6) is 5.75 Å². The van der Waals surface area contributed by atoms with Crippen LogP contribution in [0.3, 0.4) is 0 Å². The monoisotopic (exact) mass is 466 g/mol. The maximum atomic E-state index is 13.5. The first kappa shape index (κ1) is 21.9. The van der Waals surface area contributed by atoms with Crippen LogP contribution >= 0.6 is 23.2 Å². The van der Waals surface area contributed by atoms with Crippen LogP contribution in [0.4, 0.5) is 11.4 Å². The first-order chi connectivity index (χ1) is 15.3. The lowest BCUT2D eigenvalue weighted by atomic mass is 10.0. The molecule has 3 aromatic carbocycles. The smallest absolute Gasteiger partial charge is 0.282 e. The lowest BCUT2D eigenvalue weighted by molar-refractivity contribution is -0.120. The van der Waals surface area contributed by atoms with E-state index in [1.165, 1.54) is 12.0 Å². The normalized spacial score (nSPS) is 13.7. The summed E-state index contributed by atoms with van der Waals surface area (Å²) in [6, 6.07) is 17.3. The Labute approximate surface area is 196 Å². The molecule has 1 aliphatic rings. The van der Waals surface area contributed by atoms with Gasteiger partial charge in [0.15, 0.2) is 0 Å². The molecule has 4 rings (SSSR count). The molecular formula is C25H20Cl2N2O3. The maximum Gasteiger partial charge on any atom is 0.282 e. The van der Waals surface area contributed by atoms with Crippen molar-refractivity contribution in [1.29, 1.82) is 0 Å². The van der Waals surface area contributed by atoms with Crippen LogP contribution in [0.15, 0.2) is 66.4 Å². The van der Waals surface area contributed by atoms with Crippen molar-refractivity contribution in [3.63, 3.8) is 0 Å². The molecule has 7 heteroatoms. The van der Waals surface area contributed by atoms with Gasteiger partial charge in [-0.25, -0.2) is 4.90 Å². The Kier molecular flexibility index (Phi) is 5.96. The fourth-order valence-corrected chi connectivity index (χ4v) is 3.84. The minimum atomic E-state index is -0.467. The van der Waals surface area contributed by atoms with Crippen LogP contribution in [-0.4, -0.2) is 18.9 Å². The first-order valence-corrected chi connectivity index (χ1v) is 10.6. The number of rotatable bonds is 5.